The number of esters is 2. The van der Waals surface area contributed by atoms with Crippen molar-refractivity contribution in [2.75, 3.05) is 6.61 Å². The summed E-state index contributed by atoms with van der Waals surface area (Å²) in [4.78, 5) is 23.5. The Balaban J connectivity index is 2.06. The van der Waals surface area contributed by atoms with Crippen molar-refractivity contribution in [3.63, 3.8) is 0 Å². The molecule has 2 fully saturated rings. The lowest BCUT2D eigenvalue weighted by atomic mass is 9.56. The fourth-order valence-electron chi connectivity index (χ4n) is 3.77. The van der Waals surface area contributed by atoms with Gasteiger partial charge in [0.15, 0.2) is 0 Å². The summed E-state index contributed by atoms with van der Waals surface area (Å²) >= 11 is 0. The number of fused-ring (bicyclic) bond motifs is 2. The Kier molecular flexibility index (Phi) is 2.77. The second-order valence-electron chi connectivity index (χ2n) is 6.63. The molecule has 2 heterocycles. The van der Waals surface area contributed by atoms with Gasteiger partial charge in [0.2, 0.25) is 0 Å². The van der Waals surface area contributed by atoms with Gasteiger partial charge in [0, 0.05) is 17.4 Å². The first-order valence-corrected chi connectivity index (χ1v) is 7.05. The minimum Gasteiger partial charge on any atom is -0.465 e. The molecule has 0 aromatic heterocycles. The maximum atomic E-state index is 11.7. The Bertz CT molecular complexity index is 522. The van der Waals surface area contributed by atoms with Gasteiger partial charge >= 0.3 is 11.9 Å². The van der Waals surface area contributed by atoms with E-state index in [1.807, 2.05) is 13.8 Å². The molecule has 1 aliphatic carbocycles. The van der Waals surface area contributed by atoms with Crippen LogP contribution in [0.1, 0.15) is 40.0 Å². The zero-order chi connectivity index (χ0) is 14.7. The van der Waals surface area contributed by atoms with Crippen molar-refractivity contribution in [2.45, 2.75) is 51.7 Å². The maximum Gasteiger partial charge on any atom is 0.334 e. The van der Waals surface area contributed by atoms with Gasteiger partial charge in [-0.05, 0) is 24.8 Å². The third kappa shape index (κ3) is 1.65. The highest BCUT2D eigenvalue weighted by Crippen LogP contribution is 2.56. The predicted octanol–water partition coefficient (Wildman–Crippen LogP) is 1.34. The Labute approximate surface area is 117 Å². The molecule has 3 aliphatic rings. The monoisotopic (exact) mass is 280 g/mol. The highest BCUT2D eigenvalue weighted by molar-refractivity contribution is 5.91. The molecule has 0 bridgehead atoms. The van der Waals surface area contributed by atoms with Gasteiger partial charge in [-0.15, -0.1) is 0 Å². The first-order chi connectivity index (χ1) is 9.27. The lowest BCUT2D eigenvalue weighted by molar-refractivity contribution is -0.161. The molecule has 2 aliphatic heterocycles. The van der Waals surface area contributed by atoms with Crippen molar-refractivity contribution in [1.82, 2.24) is 0 Å². The Morgan fingerprint density at radius 3 is 2.70 bits per heavy atom. The largest absolute Gasteiger partial charge is 0.465 e. The Morgan fingerprint density at radius 2 is 2.00 bits per heavy atom. The number of hydrogen-bond donors (Lipinski definition) is 1. The number of hydrogen-bond acceptors (Lipinski definition) is 5. The van der Waals surface area contributed by atoms with Crippen molar-refractivity contribution < 1.29 is 24.2 Å². The van der Waals surface area contributed by atoms with Crippen LogP contribution in [0.15, 0.2) is 11.1 Å². The third-order valence-corrected chi connectivity index (χ3v) is 5.59. The lowest BCUT2D eigenvalue weighted by Crippen LogP contribution is -2.56. The molecular formula is C15H20O5. The standard InChI is InChI=1S/C15H20O5/c1-8-7-19-12(16)6-15(18)5-11-10(4-14(8,15)3)9(2)13(17)20-11/h8,11,18H,4-7H2,1-3H3/t8-,11+,14+,15-/m0/s1. The SMILES string of the molecule is CC1=C2C[C@]3(C)[C@@H](C)COC(=O)C[C@@]3(O)C[C@H]2OC1=O. The van der Waals surface area contributed by atoms with E-state index in [4.69, 9.17) is 9.47 Å². The van der Waals surface area contributed by atoms with Crippen molar-refractivity contribution in [1.29, 1.82) is 0 Å². The molecule has 0 radical (unpaired) electrons. The molecule has 1 saturated heterocycles. The van der Waals surface area contributed by atoms with Crippen molar-refractivity contribution >= 4 is 11.9 Å². The van der Waals surface area contributed by atoms with Gasteiger partial charge in [-0.3, -0.25) is 4.79 Å². The molecular weight excluding hydrogens is 260 g/mol. The summed E-state index contributed by atoms with van der Waals surface area (Å²) in [5.41, 5.74) is -0.0374. The average molecular weight is 280 g/mol. The van der Waals surface area contributed by atoms with Crippen LogP contribution in [0.25, 0.3) is 0 Å². The Morgan fingerprint density at radius 1 is 1.30 bits per heavy atom. The van der Waals surface area contributed by atoms with Crippen LogP contribution in [0.3, 0.4) is 0 Å². The average Bonchev–Trinajstić information content (AvgIpc) is 2.57. The number of carbonyl (C=O) groups is 2. The van der Waals surface area contributed by atoms with Crippen LogP contribution in [0.2, 0.25) is 0 Å². The number of cyclic esters (lactones) is 1. The van der Waals surface area contributed by atoms with Crippen LogP contribution in [0, 0.1) is 11.3 Å². The summed E-state index contributed by atoms with van der Waals surface area (Å²) in [6, 6.07) is 0. The maximum absolute atomic E-state index is 11.7. The zero-order valence-corrected chi connectivity index (χ0v) is 12.1. The fraction of sp³-hybridized carbons (Fsp3) is 0.733. The number of carbonyl (C=O) groups excluding carboxylic acids is 2. The molecule has 20 heavy (non-hydrogen) atoms. The molecule has 0 spiro atoms. The van der Waals surface area contributed by atoms with Crippen LogP contribution >= 0.6 is 0 Å². The van der Waals surface area contributed by atoms with E-state index in [1.54, 1.807) is 6.92 Å². The van der Waals surface area contributed by atoms with Crippen molar-refractivity contribution in [3.05, 3.63) is 11.1 Å². The number of ether oxygens (including phenoxy) is 2. The summed E-state index contributed by atoms with van der Waals surface area (Å²) in [7, 11) is 0. The second-order valence-corrected chi connectivity index (χ2v) is 6.63. The van der Waals surface area contributed by atoms with Crippen LogP contribution in [-0.4, -0.2) is 35.4 Å². The number of rotatable bonds is 0. The molecule has 1 N–H and O–H groups in total. The molecule has 0 unspecified atom stereocenters. The van der Waals surface area contributed by atoms with Crippen LogP contribution in [0.4, 0.5) is 0 Å². The van der Waals surface area contributed by atoms with Crippen LogP contribution in [-0.2, 0) is 19.1 Å². The first-order valence-electron chi connectivity index (χ1n) is 7.05. The second kappa shape index (κ2) is 4.07. The number of aliphatic hydroxyl groups is 1. The molecule has 0 aromatic carbocycles. The molecule has 4 atom stereocenters. The third-order valence-electron chi connectivity index (χ3n) is 5.59. The van der Waals surface area contributed by atoms with Gasteiger partial charge in [0.25, 0.3) is 0 Å². The molecule has 5 nitrogen and oxygen atoms in total. The Hall–Kier alpha value is -1.36. The van der Waals surface area contributed by atoms with E-state index in [2.05, 4.69) is 0 Å². The van der Waals surface area contributed by atoms with E-state index in [1.165, 1.54) is 0 Å². The van der Waals surface area contributed by atoms with Gasteiger partial charge in [0.05, 0.1) is 18.6 Å². The molecule has 0 aromatic rings. The van der Waals surface area contributed by atoms with Gasteiger partial charge in [-0.2, -0.15) is 0 Å². The lowest BCUT2D eigenvalue weighted by Gasteiger charge is -2.51. The molecule has 3 rings (SSSR count). The van der Waals surface area contributed by atoms with E-state index in [-0.39, 0.29) is 30.7 Å². The fourth-order valence-corrected chi connectivity index (χ4v) is 3.77. The summed E-state index contributed by atoms with van der Waals surface area (Å²) in [6.07, 6.45) is 0.428. The minimum absolute atomic E-state index is 0.0240. The van der Waals surface area contributed by atoms with Crippen molar-refractivity contribution in [3.8, 4) is 0 Å². The van der Waals surface area contributed by atoms with Crippen molar-refractivity contribution in [2.24, 2.45) is 11.3 Å². The summed E-state index contributed by atoms with van der Waals surface area (Å²) in [6.45, 7) is 6.05. The first kappa shape index (κ1) is 13.6. The van der Waals surface area contributed by atoms with Gasteiger partial charge in [-0.1, -0.05) is 13.8 Å². The highest BCUT2D eigenvalue weighted by Gasteiger charge is 2.60. The van der Waals surface area contributed by atoms with E-state index >= 15 is 0 Å². The van der Waals surface area contributed by atoms with E-state index in [0.29, 0.717) is 18.6 Å². The van der Waals surface area contributed by atoms with Gasteiger partial charge < -0.3 is 14.6 Å². The van der Waals surface area contributed by atoms with E-state index in [0.717, 1.165) is 5.57 Å². The summed E-state index contributed by atoms with van der Waals surface area (Å²) < 4.78 is 10.5. The van der Waals surface area contributed by atoms with E-state index in [9.17, 15) is 14.7 Å². The van der Waals surface area contributed by atoms with Crippen LogP contribution < -0.4 is 0 Å². The molecule has 110 valence electrons. The van der Waals surface area contributed by atoms with Gasteiger partial charge in [0.1, 0.15) is 6.10 Å². The van der Waals surface area contributed by atoms with E-state index < -0.39 is 17.1 Å². The van der Waals surface area contributed by atoms with Gasteiger partial charge in [-0.25, -0.2) is 4.79 Å². The predicted molar refractivity (Wildman–Crippen MR) is 69.6 cm³/mol. The molecule has 5 heteroatoms. The summed E-state index contributed by atoms with van der Waals surface area (Å²) in [5.74, 6) is -0.656. The topological polar surface area (TPSA) is 72.8 Å². The quantitative estimate of drug-likeness (QED) is 0.678. The highest BCUT2D eigenvalue weighted by atomic mass is 16.6. The summed E-state index contributed by atoms with van der Waals surface area (Å²) in [5, 5.41) is 11.1. The zero-order valence-electron chi connectivity index (χ0n) is 12.1. The normalized spacial score (nSPS) is 44.4. The minimum atomic E-state index is -1.18. The smallest absolute Gasteiger partial charge is 0.334 e. The molecule has 1 saturated carbocycles. The molecule has 0 amide bonds. The van der Waals surface area contributed by atoms with Crippen LogP contribution in [0.5, 0.6) is 0 Å².